The Kier molecular flexibility index (Phi) is 1.98. The van der Waals surface area contributed by atoms with Gasteiger partial charge in [0.15, 0.2) is 0 Å². The van der Waals surface area contributed by atoms with E-state index in [4.69, 9.17) is 16.3 Å². The normalized spacial score (nSPS) is 32.3. The number of hydrogen-bond donors (Lipinski definition) is 1. The highest BCUT2D eigenvalue weighted by Crippen LogP contribution is 2.60. The van der Waals surface area contributed by atoms with Crippen molar-refractivity contribution in [3.05, 3.63) is 28.8 Å². The Morgan fingerprint density at radius 2 is 2.40 bits per heavy atom. The number of benzene rings is 1. The number of rotatable bonds is 1. The minimum absolute atomic E-state index is 0.160. The van der Waals surface area contributed by atoms with Crippen molar-refractivity contribution in [3.63, 3.8) is 0 Å². The van der Waals surface area contributed by atoms with Crippen LogP contribution < -0.4 is 4.74 Å². The summed E-state index contributed by atoms with van der Waals surface area (Å²) in [5, 5.41) is 10.00. The largest absolute Gasteiger partial charge is 0.493 e. The van der Waals surface area contributed by atoms with Gasteiger partial charge < -0.3 is 9.84 Å². The third-order valence-corrected chi connectivity index (χ3v) is 3.97. The second-order valence-corrected chi connectivity index (χ2v) is 4.92. The Morgan fingerprint density at radius 1 is 1.53 bits per heavy atom. The lowest BCUT2D eigenvalue weighted by Crippen LogP contribution is -2.22. The van der Waals surface area contributed by atoms with Crippen LogP contribution in [0.1, 0.15) is 18.4 Å². The number of fused-ring (bicyclic) bond motifs is 2. The zero-order chi connectivity index (χ0) is 10.5. The fourth-order valence-corrected chi connectivity index (χ4v) is 2.92. The molecular formula is C12H13ClO2. The molecule has 1 spiro atoms. The van der Waals surface area contributed by atoms with Gasteiger partial charge in [-0.1, -0.05) is 11.6 Å². The van der Waals surface area contributed by atoms with Gasteiger partial charge in [0.25, 0.3) is 0 Å². The molecule has 80 valence electrons. The van der Waals surface area contributed by atoms with E-state index >= 15 is 0 Å². The van der Waals surface area contributed by atoms with E-state index in [0.29, 0.717) is 5.92 Å². The van der Waals surface area contributed by atoms with Gasteiger partial charge in [-0.15, -0.1) is 0 Å². The number of halogens is 1. The van der Waals surface area contributed by atoms with E-state index in [1.54, 1.807) is 0 Å². The summed E-state index contributed by atoms with van der Waals surface area (Å²) in [5.41, 5.74) is 1.35. The van der Waals surface area contributed by atoms with Crippen molar-refractivity contribution >= 4 is 11.6 Å². The van der Waals surface area contributed by atoms with Gasteiger partial charge in [0.2, 0.25) is 0 Å². The van der Waals surface area contributed by atoms with Crippen molar-refractivity contribution in [2.45, 2.75) is 18.3 Å². The molecule has 15 heavy (non-hydrogen) atoms. The van der Waals surface area contributed by atoms with E-state index in [1.807, 2.05) is 18.2 Å². The topological polar surface area (TPSA) is 29.5 Å². The van der Waals surface area contributed by atoms with Crippen molar-refractivity contribution in [2.24, 2.45) is 5.92 Å². The molecule has 1 saturated carbocycles. The molecule has 2 aliphatic rings. The zero-order valence-corrected chi connectivity index (χ0v) is 9.13. The van der Waals surface area contributed by atoms with E-state index in [9.17, 15) is 5.11 Å². The summed E-state index contributed by atoms with van der Waals surface area (Å²) in [4.78, 5) is 0. The molecular weight excluding hydrogens is 212 g/mol. The predicted octanol–water partition coefficient (Wildman–Crippen LogP) is 2.37. The Balaban J connectivity index is 2.07. The van der Waals surface area contributed by atoms with E-state index in [2.05, 4.69) is 0 Å². The Morgan fingerprint density at radius 3 is 3.13 bits per heavy atom. The van der Waals surface area contributed by atoms with Gasteiger partial charge in [0.05, 0.1) is 6.61 Å². The number of hydrogen-bond acceptors (Lipinski definition) is 2. The monoisotopic (exact) mass is 224 g/mol. The third-order valence-electron chi connectivity index (χ3n) is 3.74. The fraction of sp³-hybridized carbons (Fsp3) is 0.500. The molecule has 0 saturated heterocycles. The van der Waals surface area contributed by atoms with Crippen molar-refractivity contribution in [1.82, 2.24) is 0 Å². The summed E-state index contributed by atoms with van der Waals surface area (Å²) in [6.07, 6.45) is 2.08. The minimum Gasteiger partial charge on any atom is -0.493 e. The van der Waals surface area contributed by atoms with Crippen molar-refractivity contribution < 1.29 is 9.84 Å². The lowest BCUT2D eigenvalue weighted by atomic mass is 9.88. The quantitative estimate of drug-likeness (QED) is 0.794. The van der Waals surface area contributed by atoms with E-state index in [1.165, 1.54) is 5.56 Å². The molecule has 0 unspecified atom stereocenters. The maximum atomic E-state index is 9.24. The van der Waals surface area contributed by atoms with Gasteiger partial charge in [-0.05, 0) is 37.0 Å². The van der Waals surface area contributed by atoms with Crippen LogP contribution in [0.3, 0.4) is 0 Å². The molecule has 1 heterocycles. The van der Waals surface area contributed by atoms with Crippen LogP contribution in [0.5, 0.6) is 5.75 Å². The molecule has 1 aliphatic heterocycles. The Bertz CT molecular complexity index is 405. The highest BCUT2D eigenvalue weighted by atomic mass is 35.5. The average Bonchev–Trinajstić information content (AvgIpc) is 2.94. The van der Waals surface area contributed by atoms with E-state index < -0.39 is 0 Å². The van der Waals surface area contributed by atoms with Crippen molar-refractivity contribution in [1.29, 1.82) is 0 Å². The second-order valence-electron chi connectivity index (χ2n) is 4.48. The predicted molar refractivity (Wildman–Crippen MR) is 58.4 cm³/mol. The van der Waals surface area contributed by atoms with Gasteiger partial charge >= 0.3 is 0 Å². The molecule has 0 aromatic heterocycles. The van der Waals surface area contributed by atoms with Crippen LogP contribution in [0.25, 0.3) is 0 Å². The molecule has 0 radical (unpaired) electrons. The lowest BCUT2D eigenvalue weighted by Gasteiger charge is -2.27. The van der Waals surface area contributed by atoms with Crippen LogP contribution in [-0.2, 0) is 5.41 Å². The van der Waals surface area contributed by atoms with Crippen LogP contribution in [0, 0.1) is 5.92 Å². The number of aliphatic hydroxyl groups is 1. The molecule has 1 N–H and O–H groups in total. The first-order valence-electron chi connectivity index (χ1n) is 5.30. The van der Waals surface area contributed by atoms with Gasteiger partial charge in [0, 0.05) is 22.6 Å². The summed E-state index contributed by atoms with van der Waals surface area (Å²) >= 11 is 6.00. The maximum Gasteiger partial charge on any atom is 0.123 e. The van der Waals surface area contributed by atoms with Crippen LogP contribution in [0.15, 0.2) is 18.2 Å². The van der Waals surface area contributed by atoms with Crippen LogP contribution >= 0.6 is 11.6 Å². The van der Waals surface area contributed by atoms with Gasteiger partial charge in [-0.2, -0.15) is 0 Å². The first kappa shape index (κ1) is 9.49. The Hall–Kier alpha value is -0.730. The van der Waals surface area contributed by atoms with Gasteiger partial charge in [-0.25, -0.2) is 0 Å². The average molecular weight is 225 g/mol. The third kappa shape index (κ3) is 1.28. The highest BCUT2D eigenvalue weighted by molar-refractivity contribution is 6.30. The molecule has 2 nitrogen and oxygen atoms in total. The maximum absolute atomic E-state index is 9.24. The van der Waals surface area contributed by atoms with Gasteiger partial charge in [0.1, 0.15) is 5.75 Å². The molecule has 3 heteroatoms. The molecule has 0 amide bonds. The first-order valence-corrected chi connectivity index (χ1v) is 5.68. The fourth-order valence-electron chi connectivity index (χ4n) is 2.75. The van der Waals surface area contributed by atoms with Crippen molar-refractivity contribution in [3.8, 4) is 5.75 Å². The summed E-state index contributed by atoms with van der Waals surface area (Å²) in [6.45, 7) is 1.02. The van der Waals surface area contributed by atoms with Crippen LogP contribution in [0.2, 0.25) is 5.02 Å². The van der Waals surface area contributed by atoms with Crippen LogP contribution in [0.4, 0.5) is 0 Å². The van der Waals surface area contributed by atoms with Crippen LogP contribution in [-0.4, -0.2) is 18.3 Å². The lowest BCUT2D eigenvalue weighted by molar-refractivity contribution is 0.224. The van der Waals surface area contributed by atoms with Gasteiger partial charge in [-0.3, -0.25) is 0 Å². The minimum atomic E-state index is 0.160. The highest BCUT2D eigenvalue weighted by Gasteiger charge is 2.57. The summed E-state index contributed by atoms with van der Waals surface area (Å²) < 4.78 is 5.61. The second kappa shape index (κ2) is 3.13. The summed E-state index contributed by atoms with van der Waals surface area (Å²) in [5.74, 6) is 1.35. The Labute approximate surface area is 93.8 Å². The molecule has 1 aliphatic carbocycles. The molecule has 0 bridgehead atoms. The number of ether oxygens (including phenoxy) is 1. The first-order chi connectivity index (χ1) is 7.26. The molecule has 2 atom stereocenters. The smallest absolute Gasteiger partial charge is 0.123 e. The summed E-state index contributed by atoms with van der Waals surface area (Å²) in [7, 11) is 0. The van der Waals surface area contributed by atoms with E-state index in [-0.39, 0.29) is 12.0 Å². The summed E-state index contributed by atoms with van der Waals surface area (Å²) in [6, 6.07) is 5.78. The number of aliphatic hydroxyl groups excluding tert-OH is 1. The molecule has 1 aromatic rings. The molecule has 1 aromatic carbocycles. The standard InChI is InChI=1S/C12H13ClO2/c13-9-1-2-11-10(5-9)12(3-4-15-11)6-8(12)7-14/h1-2,5,8,14H,3-4,6-7H2/t8-,12+/m0/s1. The van der Waals surface area contributed by atoms with Crippen molar-refractivity contribution in [2.75, 3.05) is 13.2 Å². The SMILES string of the molecule is OC[C@@H]1C[C@]12CCOc1ccc(Cl)cc12. The zero-order valence-electron chi connectivity index (χ0n) is 8.37. The van der Waals surface area contributed by atoms with E-state index in [0.717, 1.165) is 30.2 Å². The molecule has 1 fully saturated rings. The molecule has 3 rings (SSSR count).